The van der Waals surface area contributed by atoms with Gasteiger partial charge < -0.3 is 10.4 Å². The summed E-state index contributed by atoms with van der Waals surface area (Å²) in [5, 5.41) is 19.1. The van der Waals surface area contributed by atoms with Crippen LogP contribution in [0.15, 0.2) is 59.3 Å². The Labute approximate surface area is 133 Å². The highest BCUT2D eigenvalue weighted by molar-refractivity contribution is 7.08. The van der Waals surface area contributed by atoms with E-state index in [0.717, 1.165) is 16.3 Å². The summed E-state index contributed by atoms with van der Waals surface area (Å²) < 4.78 is 0. The smallest absolute Gasteiger partial charge is 0.252 e. The van der Waals surface area contributed by atoms with Gasteiger partial charge in [0.25, 0.3) is 5.91 Å². The van der Waals surface area contributed by atoms with E-state index < -0.39 is 5.60 Å². The molecule has 0 radical (unpaired) electrons. The van der Waals surface area contributed by atoms with Crippen LogP contribution in [0.2, 0.25) is 0 Å². The molecule has 1 amide bonds. The van der Waals surface area contributed by atoms with Crippen LogP contribution < -0.4 is 5.32 Å². The van der Waals surface area contributed by atoms with Crippen LogP contribution in [0, 0.1) is 0 Å². The van der Waals surface area contributed by atoms with Gasteiger partial charge in [-0.15, -0.1) is 0 Å². The quantitative estimate of drug-likeness (QED) is 0.774. The highest BCUT2D eigenvalue weighted by atomic mass is 32.1. The Morgan fingerprint density at radius 3 is 2.73 bits per heavy atom. The van der Waals surface area contributed by atoms with E-state index in [1.54, 1.807) is 13.0 Å². The van der Waals surface area contributed by atoms with E-state index in [1.165, 1.54) is 11.3 Å². The summed E-state index contributed by atoms with van der Waals surface area (Å²) in [6.07, 6.45) is 0. The van der Waals surface area contributed by atoms with Crippen LogP contribution in [0.1, 0.15) is 22.8 Å². The van der Waals surface area contributed by atoms with Crippen molar-refractivity contribution in [1.82, 2.24) is 5.32 Å². The van der Waals surface area contributed by atoms with E-state index in [-0.39, 0.29) is 12.5 Å². The minimum absolute atomic E-state index is 0.172. The van der Waals surface area contributed by atoms with Gasteiger partial charge in [0.05, 0.1) is 6.54 Å². The van der Waals surface area contributed by atoms with Gasteiger partial charge in [-0.3, -0.25) is 4.79 Å². The van der Waals surface area contributed by atoms with Gasteiger partial charge in [0.1, 0.15) is 5.60 Å². The van der Waals surface area contributed by atoms with Crippen LogP contribution in [0.3, 0.4) is 0 Å². The Bertz CT molecular complexity index is 788. The summed E-state index contributed by atoms with van der Waals surface area (Å²) in [6, 6.07) is 15.3. The second kappa shape index (κ2) is 5.91. The van der Waals surface area contributed by atoms with Crippen molar-refractivity contribution < 1.29 is 9.90 Å². The largest absolute Gasteiger partial charge is 0.384 e. The average Bonchev–Trinajstić information content (AvgIpc) is 3.07. The molecule has 0 bridgehead atoms. The molecule has 2 N–H and O–H groups in total. The van der Waals surface area contributed by atoms with Crippen LogP contribution in [-0.2, 0) is 5.60 Å². The third-order valence-corrected chi connectivity index (χ3v) is 4.45. The second-order valence-corrected chi connectivity index (χ2v) is 6.28. The maximum absolute atomic E-state index is 12.5. The van der Waals surface area contributed by atoms with E-state index >= 15 is 0 Å². The van der Waals surface area contributed by atoms with Crippen LogP contribution in [0.5, 0.6) is 0 Å². The minimum Gasteiger partial charge on any atom is -0.384 e. The molecular formula is C18H17NO2S. The van der Waals surface area contributed by atoms with Crippen LogP contribution in [0.4, 0.5) is 0 Å². The monoisotopic (exact) mass is 311 g/mol. The zero-order valence-electron chi connectivity index (χ0n) is 12.2. The van der Waals surface area contributed by atoms with Gasteiger partial charge in [-0.1, -0.05) is 36.4 Å². The van der Waals surface area contributed by atoms with E-state index in [9.17, 15) is 9.90 Å². The Morgan fingerprint density at radius 2 is 1.95 bits per heavy atom. The number of hydrogen-bond acceptors (Lipinski definition) is 3. The van der Waals surface area contributed by atoms with Gasteiger partial charge in [0.15, 0.2) is 0 Å². The van der Waals surface area contributed by atoms with Gasteiger partial charge in [0.2, 0.25) is 0 Å². The van der Waals surface area contributed by atoms with E-state index in [4.69, 9.17) is 0 Å². The van der Waals surface area contributed by atoms with Crippen LogP contribution in [-0.4, -0.2) is 17.6 Å². The molecule has 1 aromatic heterocycles. The number of rotatable bonds is 4. The summed E-state index contributed by atoms with van der Waals surface area (Å²) >= 11 is 1.53. The number of fused-ring (bicyclic) bond motifs is 1. The molecule has 0 spiro atoms. The lowest BCUT2D eigenvalue weighted by molar-refractivity contribution is 0.0530. The molecule has 0 fully saturated rings. The van der Waals surface area contributed by atoms with E-state index in [0.29, 0.717) is 5.56 Å². The summed E-state index contributed by atoms with van der Waals surface area (Å²) in [5.41, 5.74) is 0.371. The lowest BCUT2D eigenvalue weighted by Crippen LogP contribution is -2.38. The number of thiophene rings is 1. The molecule has 3 aromatic rings. The van der Waals surface area contributed by atoms with Gasteiger partial charge in [-0.2, -0.15) is 11.3 Å². The molecule has 0 saturated heterocycles. The number of hydrogen-bond donors (Lipinski definition) is 2. The van der Waals surface area contributed by atoms with Crippen molar-refractivity contribution in [2.24, 2.45) is 0 Å². The molecule has 0 aliphatic carbocycles. The normalized spacial score (nSPS) is 13.7. The molecule has 3 rings (SSSR count). The molecule has 1 heterocycles. The fraction of sp³-hybridized carbons (Fsp3) is 0.167. The molecule has 4 heteroatoms. The molecule has 22 heavy (non-hydrogen) atoms. The van der Waals surface area contributed by atoms with Gasteiger partial charge in [0, 0.05) is 5.56 Å². The first-order chi connectivity index (χ1) is 10.6. The van der Waals surface area contributed by atoms with Crippen molar-refractivity contribution in [3.8, 4) is 0 Å². The Balaban J connectivity index is 1.80. The Hall–Kier alpha value is -2.17. The van der Waals surface area contributed by atoms with E-state index in [1.807, 2.05) is 53.2 Å². The number of benzene rings is 2. The molecule has 1 unspecified atom stereocenters. The zero-order valence-corrected chi connectivity index (χ0v) is 13.1. The van der Waals surface area contributed by atoms with Crippen molar-refractivity contribution in [2.75, 3.05) is 6.54 Å². The summed E-state index contributed by atoms with van der Waals surface area (Å²) in [4.78, 5) is 12.5. The van der Waals surface area contributed by atoms with E-state index in [2.05, 4.69) is 5.32 Å². The number of carbonyl (C=O) groups excluding carboxylic acids is 1. The number of carbonyl (C=O) groups is 1. The summed E-state index contributed by atoms with van der Waals surface area (Å²) in [7, 11) is 0. The van der Waals surface area contributed by atoms with Gasteiger partial charge >= 0.3 is 0 Å². The SMILES string of the molecule is CC(O)(CNC(=O)c1cccc2ccccc12)c1ccsc1. The first kappa shape index (κ1) is 14.8. The fourth-order valence-electron chi connectivity index (χ4n) is 2.44. The standard InChI is InChI=1S/C18H17NO2S/c1-18(21,14-9-10-22-11-14)12-19-17(20)16-8-4-6-13-5-2-3-7-15(13)16/h2-11,21H,12H2,1H3,(H,19,20). The van der Waals surface area contributed by atoms with Gasteiger partial charge in [-0.05, 0) is 46.2 Å². The molecular weight excluding hydrogens is 294 g/mol. The minimum atomic E-state index is -1.07. The highest BCUT2D eigenvalue weighted by Gasteiger charge is 2.24. The molecule has 112 valence electrons. The summed E-state index contributed by atoms with van der Waals surface area (Å²) in [6.45, 7) is 1.88. The van der Waals surface area contributed by atoms with Crippen LogP contribution >= 0.6 is 11.3 Å². The molecule has 0 aliphatic heterocycles. The van der Waals surface area contributed by atoms with Gasteiger partial charge in [-0.25, -0.2) is 0 Å². The highest BCUT2D eigenvalue weighted by Crippen LogP contribution is 2.23. The predicted molar refractivity (Wildman–Crippen MR) is 90.2 cm³/mol. The number of amides is 1. The molecule has 2 aromatic carbocycles. The third kappa shape index (κ3) is 2.89. The van der Waals surface area contributed by atoms with Crippen molar-refractivity contribution in [3.05, 3.63) is 70.4 Å². The lowest BCUT2D eigenvalue weighted by atomic mass is 9.98. The molecule has 0 saturated carbocycles. The topological polar surface area (TPSA) is 49.3 Å². The fourth-order valence-corrected chi connectivity index (χ4v) is 3.23. The first-order valence-electron chi connectivity index (χ1n) is 7.09. The Kier molecular flexibility index (Phi) is 3.96. The molecule has 0 aliphatic rings. The maximum Gasteiger partial charge on any atom is 0.252 e. The second-order valence-electron chi connectivity index (χ2n) is 5.50. The Morgan fingerprint density at radius 1 is 1.18 bits per heavy atom. The van der Waals surface area contributed by atoms with Crippen molar-refractivity contribution in [3.63, 3.8) is 0 Å². The van der Waals surface area contributed by atoms with Crippen molar-refractivity contribution in [1.29, 1.82) is 0 Å². The van der Waals surface area contributed by atoms with Crippen molar-refractivity contribution >= 4 is 28.0 Å². The number of aliphatic hydroxyl groups is 1. The molecule has 1 atom stereocenters. The predicted octanol–water partition coefficient (Wildman–Crippen LogP) is 3.54. The number of nitrogens with one attached hydrogen (secondary N) is 1. The maximum atomic E-state index is 12.5. The first-order valence-corrected chi connectivity index (χ1v) is 8.03. The molecule has 3 nitrogen and oxygen atoms in total. The van der Waals surface area contributed by atoms with Crippen LogP contribution in [0.25, 0.3) is 10.8 Å². The lowest BCUT2D eigenvalue weighted by Gasteiger charge is -2.23. The van der Waals surface area contributed by atoms with Crippen molar-refractivity contribution in [2.45, 2.75) is 12.5 Å². The zero-order chi connectivity index (χ0) is 15.6. The third-order valence-electron chi connectivity index (χ3n) is 3.77. The average molecular weight is 311 g/mol. The summed E-state index contributed by atoms with van der Waals surface area (Å²) in [5.74, 6) is -0.174.